The number of methoxy groups -OCH3 is 2. The molecule has 0 fully saturated rings. The molecule has 19 heavy (non-hydrogen) atoms. The first-order valence-corrected chi connectivity index (χ1v) is 6.34. The summed E-state index contributed by atoms with van der Waals surface area (Å²) >= 11 is 0. The minimum absolute atomic E-state index is 0.777. The van der Waals surface area contributed by atoms with Crippen LogP contribution >= 0.6 is 0 Å². The average Bonchev–Trinajstić information content (AvgIpc) is 3.05. The van der Waals surface area contributed by atoms with Crippen molar-refractivity contribution in [1.29, 1.82) is 0 Å². The van der Waals surface area contributed by atoms with E-state index >= 15 is 0 Å². The molecule has 102 valence electrons. The maximum Gasteiger partial charge on any atom is 0.206 e. The molecule has 2 heterocycles. The van der Waals surface area contributed by atoms with Gasteiger partial charge >= 0.3 is 0 Å². The van der Waals surface area contributed by atoms with Crippen molar-refractivity contribution in [2.75, 3.05) is 27.3 Å². The molecular weight excluding hydrogens is 244 g/mol. The molecule has 0 saturated heterocycles. The highest BCUT2D eigenvalue weighted by Gasteiger charge is 2.23. The largest absolute Gasteiger partial charge is 0.493 e. The molecule has 1 aromatic rings. The van der Waals surface area contributed by atoms with Gasteiger partial charge in [-0.2, -0.15) is 0 Å². The summed E-state index contributed by atoms with van der Waals surface area (Å²) in [5.74, 6) is 2.41. The van der Waals surface area contributed by atoms with Gasteiger partial charge in [-0.05, 0) is 23.3 Å². The van der Waals surface area contributed by atoms with Crippen molar-refractivity contribution in [3.8, 4) is 11.5 Å². The number of hydrogen-bond acceptors (Lipinski definition) is 6. The molecule has 3 rings (SSSR count). The van der Waals surface area contributed by atoms with Crippen molar-refractivity contribution in [3.05, 3.63) is 23.3 Å². The number of ether oxygens (including phenoxy) is 2. The minimum Gasteiger partial charge on any atom is -0.493 e. The van der Waals surface area contributed by atoms with Crippen molar-refractivity contribution in [2.45, 2.75) is 13.1 Å². The van der Waals surface area contributed by atoms with Gasteiger partial charge in [0.15, 0.2) is 11.5 Å². The Bertz CT molecular complexity index is 483. The Kier molecular flexibility index (Phi) is 3.16. The molecule has 0 atom stereocenters. The Morgan fingerprint density at radius 2 is 1.79 bits per heavy atom. The summed E-state index contributed by atoms with van der Waals surface area (Å²) in [4.78, 5) is 4.33. The van der Waals surface area contributed by atoms with E-state index in [0.29, 0.717) is 0 Å². The molecule has 0 aliphatic carbocycles. The first-order valence-electron chi connectivity index (χ1n) is 6.34. The summed E-state index contributed by atoms with van der Waals surface area (Å²) in [6.07, 6.45) is 0. The molecule has 0 unspecified atom stereocenters. The molecule has 0 amide bonds. The van der Waals surface area contributed by atoms with E-state index in [9.17, 15) is 0 Å². The number of fused-ring (bicyclic) bond motifs is 1. The van der Waals surface area contributed by atoms with E-state index in [4.69, 9.17) is 9.47 Å². The van der Waals surface area contributed by atoms with Gasteiger partial charge in [-0.25, -0.2) is 5.01 Å². The Balaban J connectivity index is 1.76. The normalized spacial score (nSPS) is 17.7. The van der Waals surface area contributed by atoms with Crippen LogP contribution in [-0.2, 0) is 13.1 Å². The number of nitrogens with zero attached hydrogens (tertiary/aromatic N) is 2. The Morgan fingerprint density at radius 3 is 2.26 bits per heavy atom. The molecule has 0 bridgehead atoms. The molecule has 6 heteroatoms. The first-order chi connectivity index (χ1) is 9.30. The third-order valence-electron chi connectivity index (χ3n) is 3.37. The predicted octanol–water partition coefficient (Wildman–Crippen LogP) is 0.483. The van der Waals surface area contributed by atoms with Crippen LogP contribution in [-0.4, -0.2) is 38.3 Å². The van der Waals surface area contributed by atoms with E-state index < -0.39 is 0 Å². The SMILES string of the molecule is COc1cc2c(cc1OC)CN(NC1=NCCN1)C2. The van der Waals surface area contributed by atoms with Crippen LogP contribution in [0.3, 0.4) is 0 Å². The zero-order valence-corrected chi connectivity index (χ0v) is 11.2. The molecule has 2 aliphatic rings. The van der Waals surface area contributed by atoms with Gasteiger partial charge in [-0.1, -0.05) is 0 Å². The van der Waals surface area contributed by atoms with Gasteiger partial charge in [0.25, 0.3) is 0 Å². The van der Waals surface area contributed by atoms with Crippen LogP contribution in [0.4, 0.5) is 0 Å². The highest BCUT2D eigenvalue weighted by Crippen LogP contribution is 2.34. The Labute approximate surface area is 112 Å². The lowest BCUT2D eigenvalue weighted by atomic mass is 10.1. The van der Waals surface area contributed by atoms with Crippen molar-refractivity contribution >= 4 is 5.96 Å². The molecule has 0 spiro atoms. The van der Waals surface area contributed by atoms with Crippen LogP contribution in [0.1, 0.15) is 11.1 Å². The number of nitrogens with one attached hydrogen (secondary N) is 2. The number of hydrogen-bond donors (Lipinski definition) is 2. The van der Waals surface area contributed by atoms with E-state index in [1.807, 2.05) is 12.1 Å². The van der Waals surface area contributed by atoms with Crippen LogP contribution in [0.15, 0.2) is 17.1 Å². The van der Waals surface area contributed by atoms with Crippen LogP contribution in [0.25, 0.3) is 0 Å². The average molecular weight is 262 g/mol. The minimum atomic E-state index is 0.777. The number of guanidine groups is 1. The van der Waals surface area contributed by atoms with E-state index in [-0.39, 0.29) is 0 Å². The molecule has 0 radical (unpaired) electrons. The van der Waals surface area contributed by atoms with Crippen molar-refractivity contribution in [2.24, 2.45) is 4.99 Å². The van der Waals surface area contributed by atoms with Gasteiger partial charge < -0.3 is 14.8 Å². The van der Waals surface area contributed by atoms with Gasteiger partial charge in [0, 0.05) is 19.6 Å². The van der Waals surface area contributed by atoms with Gasteiger partial charge in [-0.3, -0.25) is 10.4 Å². The second-order valence-corrected chi connectivity index (χ2v) is 4.60. The van der Waals surface area contributed by atoms with Crippen molar-refractivity contribution in [3.63, 3.8) is 0 Å². The Morgan fingerprint density at radius 1 is 1.16 bits per heavy atom. The molecule has 2 aliphatic heterocycles. The van der Waals surface area contributed by atoms with E-state index in [2.05, 4.69) is 20.7 Å². The first kappa shape index (κ1) is 12.1. The molecule has 0 aromatic heterocycles. The number of benzene rings is 1. The zero-order valence-electron chi connectivity index (χ0n) is 11.2. The monoisotopic (exact) mass is 262 g/mol. The van der Waals surface area contributed by atoms with Crippen LogP contribution in [0, 0.1) is 0 Å². The maximum absolute atomic E-state index is 5.33. The van der Waals surface area contributed by atoms with Crippen LogP contribution in [0.5, 0.6) is 11.5 Å². The molecule has 6 nitrogen and oxygen atoms in total. The Hall–Kier alpha value is -1.95. The zero-order chi connectivity index (χ0) is 13.2. The van der Waals surface area contributed by atoms with Gasteiger partial charge in [0.2, 0.25) is 5.96 Å². The van der Waals surface area contributed by atoms with Gasteiger partial charge in [0.05, 0.1) is 20.8 Å². The number of rotatable bonds is 3. The van der Waals surface area contributed by atoms with Crippen molar-refractivity contribution in [1.82, 2.24) is 15.8 Å². The lowest BCUT2D eigenvalue weighted by Crippen LogP contribution is -2.43. The summed E-state index contributed by atoms with van der Waals surface area (Å²) in [5, 5.41) is 5.33. The van der Waals surface area contributed by atoms with E-state index in [1.165, 1.54) is 11.1 Å². The highest BCUT2D eigenvalue weighted by molar-refractivity contribution is 5.80. The standard InChI is InChI=1S/C13H18N4O2/c1-18-11-5-9-7-17(16-13-14-3-4-15-13)8-10(9)6-12(11)19-2/h5-6H,3-4,7-8H2,1-2H3,(H2,14,15,16). The number of hydrazine groups is 1. The lowest BCUT2D eigenvalue weighted by molar-refractivity contribution is 0.239. The second kappa shape index (κ2) is 4.97. The molecule has 2 N–H and O–H groups in total. The fourth-order valence-electron chi connectivity index (χ4n) is 2.43. The van der Waals surface area contributed by atoms with Crippen LogP contribution in [0.2, 0.25) is 0 Å². The molecule has 0 saturated carbocycles. The van der Waals surface area contributed by atoms with E-state index in [1.54, 1.807) is 14.2 Å². The summed E-state index contributed by atoms with van der Waals surface area (Å²) in [5.41, 5.74) is 5.80. The van der Waals surface area contributed by atoms with Crippen LogP contribution < -0.4 is 20.2 Å². The summed E-state index contributed by atoms with van der Waals surface area (Å²) in [6, 6.07) is 4.08. The fourth-order valence-corrected chi connectivity index (χ4v) is 2.43. The van der Waals surface area contributed by atoms with Crippen molar-refractivity contribution < 1.29 is 9.47 Å². The summed E-state index contributed by atoms with van der Waals surface area (Å²) in [7, 11) is 3.32. The quantitative estimate of drug-likeness (QED) is 0.830. The lowest BCUT2D eigenvalue weighted by Gasteiger charge is -2.17. The summed E-state index contributed by atoms with van der Waals surface area (Å²) in [6.45, 7) is 3.41. The number of aliphatic imine (C=N–C) groups is 1. The van der Waals surface area contributed by atoms with Gasteiger partial charge in [-0.15, -0.1) is 0 Å². The maximum atomic E-state index is 5.33. The van der Waals surface area contributed by atoms with Gasteiger partial charge in [0.1, 0.15) is 0 Å². The third kappa shape index (κ3) is 2.31. The fraction of sp³-hybridized carbons (Fsp3) is 0.462. The topological polar surface area (TPSA) is 58.1 Å². The molecular formula is C13H18N4O2. The smallest absolute Gasteiger partial charge is 0.206 e. The third-order valence-corrected chi connectivity index (χ3v) is 3.37. The summed E-state index contributed by atoms with van der Waals surface area (Å²) < 4.78 is 10.7. The van der Waals surface area contributed by atoms with E-state index in [0.717, 1.165) is 43.6 Å². The second-order valence-electron chi connectivity index (χ2n) is 4.60. The molecule has 1 aromatic carbocycles. The highest BCUT2D eigenvalue weighted by atomic mass is 16.5. The predicted molar refractivity (Wildman–Crippen MR) is 72.2 cm³/mol.